The maximum Gasteiger partial charge on any atom is 0.408 e. The van der Waals surface area contributed by atoms with Crippen molar-refractivity contribution in [3.05, 3.63) is 78.4 Å². The molecule has 3 amide bonds. The minimum absolute atomic E-state index is 0.0272. The Morgan fingerprint density at radius 2 is 1.76 bits per heavy atom. The second kappa shape index (κ2) is 14.2. The average Bonchev–Trinajstić information content (AvgIpc) is 2.82. The highest BCUT2D eigenvalue weighted by atomic mass is 16.6. The van der Waals surface area contributed by atoms with Crippen LogP contribution < -0.4 is 10.6 Å². The van der Waals surface area contributed by atoms with Crippen molar-refractivity contribution in [3.63, 3.8) is 0 Å². The van der Waals surface area contributed by atoms with Crippen molar-refractivity contribution in [1.82, 2.24) is 15.5 Å². The van der Waals surface area contributed by atoms with Crippen LogP contribution in [0.2, 0.25) is 0 Å². The van der Waals surface area contributed by atoms with Gasteiger partial charge in [0.25, 0.3) is 0 Å². The molecule has 0 aliphatic carbocycles. The molecule has 0 aliphatic heterocycles. The summed E-state index contributed by atoms with van der Waals surface area (Å²) in [6.45, 7) is 13.0. The van der Waals surface area contributed by atoms with Gasteiger partial charge in [-0.1, -0.05) is 61.9 Å². The first-order valence-electron chi connectivity index (χ1n) is 13.0. The second-order valence-corrected chi connectivity index (χ2v) is 10.4. The highest BCUT2D eigenvalue weighted by molar-refractivity contribution is 5.92. The first-order valence-corrected chi connectivity index (χ1v) is 13.0. The van der Waals surface area contributed by atoms with Crippen molar-refractivity contribution in [2.24, 2.45) is 0 Å². The fourth-order valence-corrected chi connectivity index (χ4v) is 4.16. The second-order valence-electron chi connectivity index (χ2n) is 10.4. The van der Waals surface area contributed by atoms with E-state index in [-0.39, 0.29) is 30.7 Å². The molecular formula is C30H41N3O5. The van der Waals surface area contributed by atoms with Crippen LogP contribution >= 0.6 is 0 Å². The minimum Gasteiger partial charge on any atom is -0.508 e. The summed E-state index contributed by atoms with van der Waals surface area (Å²) >= 11 is 0. The van der Waals surface area contributed by atoms with E-state index in [1.807, 2.05) is 44.2 Å². The van der Waals surface area contributed by atoms with Crippen LogP contribution in [0.4, 0.5) is 4.79 Å². The van der Waals surface area contributed by atoms with Gasteiger partial charge in [0.15, 0.2) is 0 Å². The Kier molecular flexibility index (Phi) is 11.4. The van der Waals surface area contributed by atoms with E-state index in [1.165, 1.54) is 23.1 Å². The van der Waals surface area contributed by atoms with Gasteiger partial charge in [-0.3, -0.25) is 9.59 Å². The lowest BCUT2D eigenvalue weighted by Crippen LogP contribution is -2.54. The summed E-state index contributed by atoms with van der Waals surface area (Å²) in [4.78, 5) is 41.9. The summed E-state index contributed by atoms with van der Waals surface area (Å²) in [6, 6.07) is 13.4. The molecule has 3 atom stereocenters. The SMILES string of the molecule is C=CCN(C(=O)C(Cc1ccccc1)NC(=O)OC(C)(C)C)C(C(=O)NC(C)CCC)c1cccc(O)c1. The molecule has 0 saturated carbocycles. The van der Waals surface area contributed by atoms with E-state index in [0.717, 1.165) is 18.4 Å². The number of carbonyl (C=O) groups is 3. The van der Waals surface area contributed by atoms with Gasteiger partial charge in [-0.25, -0.2) is 4.79 Å². The molecule has 0 heterocycles. The number of phenols is 1. The van der Waals surface area contributed by atoms with Crippen LogP contribution in [0.3, 0.4) is 0 Å². The van der Waals surface area contributed by atoms with Gasteiger partial charge < -0.3 is 25.4 Å². The Hall–Kier alpha value is -3.81. The first-order chi connectivity index (χ1) is 17.9. The van der Waals surface area contributed by atoms with Crippen LogP contribution in [-0.2, 0) is 20.7 Å². The van der Waals surface area contributed by atoms with Gasteiger partial charge in [0.1, 0.15) is 23.4 Å². The quantitative estimate of drug-likeness (QED) is 0.344. The highest BCUT2D eigenvalue weighted by Gasteiger charge is 2.36. The van der Waals surface area contributed by atoms with Crippen LogP contribution in [0.5, 0.6) is 5.75 Å². The van der Waals surface area contributed by atoms with Crippen LogP contribution in [0.1, 0.15) is 64.6 Å². The molecule has 8 nitrogen and oxygen atoms in total. The van der Waals surface area contributed by atoms with Gasteiger partial charge in [-0.05, 0) is 57.4 Å². The molecule has 0 saturated heterocycles. The van der Waals surface area contributed by atoms with Crippen LogP contribution in [0.15, 0.2) is 67.3 Å². The fourth-order valence-electron chi connectivity index (χ4n) is 4.16. The molecular weight excluding hydrogens is 482 g/mol. The number of phenolic OH excluding ortho intramolecular Hbond substituents is 1. The number of hydrogen-bond acceptors (Lipinski definition) is 5. The minimum atomic E-state index is -1.06. The van der Waals surface area contributed by atoms with E-state index in [0.29, 0.717) is 5.56 Å². The molecule has 8 heteroatoms. The maximum atomic E-state index is 14.1. The smallest absolute Gasteiger partial charge is 0.408 e. The van der Waals surface area contributed by atoms with Crippen LogP contribution in [0, 0.1) is 0 Å². The topological polar surface area (TPSA) is 108 Å². The molecule has 2 aromatic carbocycles. The number of alkyl carbamates (subject to hydrolysis) is 1. The highest BCUT2D eigenvalue weighted by Crippen LogP contribution is 2.26. The third-order valence-electron chi connectivity index (χ3n) is 5.74. The van der Waals surface area contributed by atoms with Gasteiger partial charge in [0.05, 0.1) is 0 Å². The molecule has 206 valence electrons. The molecule has 3 unspecified atom stereocenters. The van der Waals surface area contributed by atoms with Crippen LogP contribution in [0.25, 0.3) is 0 Å². The number of rotatable bonds is 12. The summed E-state index contributed by atoms with van der Waals surface area (Å²) < 4.78 is 5.43. The monoisotopic (exact) mass is 523 g/mol. The van der Waals surface area contributed by atoms with E-state index in [4.69, 9.17) is 4.74 Å². The van der Waals surface area contributed by atoms with Gasteiger partial charge in [0.2, 0.25) is 11.8 Å². The Morgan fingerprint density at radius 3 is 2.34 bits per heavy atom. The summed E-state index contributed by atoms with van der Waals surface area (Å²) in [7, 11) is 0. The predicted octanol–water partition coefficient (Wildman–Crippen LogP) is 4.89. The number of amides is 3. The normalized spacial score (nSPS) is 13.5. The van der Waals surface area contributed by atoms with Crippen molar-refractivity contribution in [3.8, 4) is 5.75 Å². The molecule has 0 aliphatic rings. The first kappa shape index (κ1) is 30.4. The Bertz CT molecular complexity index is 1080. The summed E-state index contributed by atoms with van der Waals surface area (Å²) in [5.74, 6) is -0.894. The number of nitrogens with one attached hydrogen (secondary N) is 2. The third kappa shape index (κ3) is 9.57. The number of benzene rings is 2. The largest absolute Gasteiger partial charge is 0.508 e. The zero-order chi connectivity index (χ0) is 28.3. The number of aromatic hydroxyl groups is 1. The molecule has 38 heavy (non-hydrogen) atoms. The number of carbonyl (C=O) groups excluding carboxylic acids is 3. The van der Waals surface area contributed by atoms with Gasteiger partial charge in [0, 0.05) is 19.0 Å². The van der Waals surface area contributed by atoms with Crippen molar-refractivity contribution in [1.29, 1.82) is 0 Å². The van der Waals surface area contributed by atoms with Crippen molar-refractivity contribution in [2.75, 3.05) is 6.54 Å². The molecule has 0 spiro atoms. The predicted molar refractivity (Wildman–Crippen MR) is 149 cm³/mol. The van der Waals surface area contributed by atoms with Gasteiger partial charge in [-0.2, -0.15) is 0 Å². The van der Waals surface area contributed by atoms with Crippen molar-refractivity contribution in [2.45, 2.75) is 77.6 Å². The van der Waals surface area contributed by atoms with E-state index in [9.17, 15) is 19.5 Å². The summed E-state index contributed by atoms with van der Waals surface area (Å²) in [6.07, 6.45) is 2.63. The summed E-state index contributed by atoms with van der Waals surface area (Å²) in [5.41, 5.74) is 0.512. The molecule has 0 bridgehead atoms. The summed E-state index contributed by atoms with van der Waals surface area (Å²) in [5, 5.41) is 15.9. The Labute approximate surface area is 226 Å². The third-order valence-corrected chi connectivity index (χ3v) is 5.74. The number of nitrogens with zero attached hydrogens (tertiary/aromatic N) is 1. The number of ether oxygens (including phenoxy) is 1. The molecule has 0 radical (unpaired) electrons. The Morgan fingerprint density at radius 1 is 1.08 bits per heavy atom. The molecule has 3 N–H and O–H groups in total. The van der Waals surface area contributed by atoms with E-state index in [2.05, 4.69) is 17.2 Å². The van der Waals surface area contributed by atoms with Gasteiger partial charge in [-0.15, -0.1) is 6.58 Å². The lowest BCUT2D eigenvalue weighted by Gasteiger charge is -2.34. The molecule has 2 aromatic rings. The lowest BCUT2D eigenvalue weighted by molar-refractivity contribution is -0.142. The van der Waals surface area contributed by atoms with Crippen molar-refractivity contribution < 1.29 is 24.2 Å². The zero-order valence-electron chi connectivity index (χ0n) is 23.1. The number of hydrogen-bond donors (Lipinski definition) is 3. The van der Waals surface area contributed by atoms with Gasteiger partial charge >= 0.3 is 6.09 Å². The average molecular weight is 524 g/mol. The van der Waals surface area contributed by atoms with E-state index >= 15 is 0 Å². The molecule has 2 rings (SSSR count). The van der Waals surface area contributed by atoms with Crippen LogP contribution in [-0.4, -0.2) is 52.1 Å². The molecule has 0 fully saturated rings. The standard InChI is InChI=1S/C30H41N3O5/c1-7-13-21(3)31-27(35)26(23-16-12-17-24(34)20-23)33(18-8-2)28(36)25(19-22-14-10-9-11-15-22)32-29(37)38-30(4,5)6/h8-12,14-17,20-21,25-26,34H,2,7,13,18-19H2,1,3-6H3,(H,31,35)(H,32,37). The Balaban J connectivity index is 2.51. The lowest BCUT2D eigenvalue weighted by atomic mass is 9.99. The maximum absolute atomic E-state index is 14.1. The van der Waals surface area contributed by atoms with E-state index in [1.54, 1.807) is 32.9 Å². The zero-order valence-corrected chi connectivity index (χ0v) is 23.1. The fraction of sp³-hybridized carbons (Fsp3) is 0.433. The molecule has 0 aromatic heterocycles. The van der Waals surface area contributed by atoms with Crippen molar-refractivity contribution >= 4 is 17.9 Å². The van der Waals surface area contributed by atoms with E-state index < -0.39 is 29.7 Å².